The van der Waals surface area contributed by atoms with E-state index in [0.29, 0.717) is 30.9 Å². The predicted molar refractivity (Wildman–Crippen MR) is 59.3 cm³/mol. The largest absolute Gasteiger partial charge is 0.496 e. The fraction of sp³-hybridized carbons (Fsp3) is 0.417. The molecule has 0 saturated carbocycles. The molecule has 1 aromatic carbocycles. The molecule has 0 aliphatic heterocycles. The molecule has 0 bridgehead atoms. The molecule has 0 heterocycles. The summed E-state index contributed by atoms with van der Waals surface area (Å²) in [4.78, 5) is 9.97. The molecule has 0 spiro atoms. The maximum absolute atomic E-state index is 9.97. The third kappa shape index (κ3) is 3.55. The van der Waals surface area contributed by atoms with Crippen LogP contribution in [0.4, 0.5) is 0 Å². The van der Waals surface area contributed by atoms with Crippen LogP contribution < -0.4 is 9.47 Å². The molecule has 87 valence electrons. The van der Waals surface area contributed by atoms with Crippen LogP contribution in [-0.2, 0) is 11.4 Å². The van der Waals surface area contributed by atoms with Crippen molar-refractivity contribution in [3.63, 3.8) is 0 Å². The molecule has 1 radical (unpaired) electrons. The Balaban J connectivity index is 2.57. The van der Waals surface area contributed by atoms with E-state index in [1.807, 2.05) is 6.29 Å². The van der Waals surface area contributed by atoms with Gasteiger partial charge in [0.1, 0.15) is 11.5 Å². The van der Waals surface area contributed by atoms with Gasteiger partial charge in [-0.3, -0.25) is 4.79 Å². The summed E-state index contributed by atoms with van der Waals surface area (Å²) in [5.41, 5.74) is 0.719. The van der Waals surface area contributed by atoms with Gasteiger partial charge in [-0.15, -0.1) is 0 Å². The van der Waals surface area contributed by atoms with Crippen molar-refractivity contribution >= 4 is 6.29 Å². The number of methoxy groups -OCH3 is 1. The van der Waals surface area contributed by atoms with E-state index >= 15 is 0 Å². The Morgan fingerprint density at radius 2 is 2.25 bits per heavy atom. The molecular formula is C12H15O4. The van der Waals surface area contributed by atoms with Gasteiger partial charge in [0.15, 0.2) is 6.29 Å². The zero-order chi connectivity index (χ0) is 11.8. The van der Waals surface area contributed by atoms with Crippen molar-refractivity contribution < 1.29 is 19.4 Å². The van der Waals surface area contributed by atoms with Gasteiger partial charge in [-0.1, -0.05) is 0 Å². The van der Waals surface area contributed by atoms with E-state index in [4.69, 9.17) is 14.6 Å². The summed E-state index contributed by atoms with van der Waals surface area (Å²) < 4.78 is 10.5. The standard InChI is InChI=1S/C12H15O4/c1-15-12-8-11(5-4-10(12)9-14)16-7-3-2-6-13/h4-5,8,14H,2-3,7,9H2,1H3. The van der Waals surface area contributed by atoms with Gasteiger partial charge in [0, 0.05) is 18.1 Å². The summed E-state index contributed by atoms with van der Waals surface area (Å²) in [6.07, 6.45) is 2.83. The number of hydrogen-bond acceptors (Lipinski definition) is 4. The Bertz CT molecular complexity index is 336. The van der Waals surface area contributed by atoms with Crippen molar-refractivity contribution in [2.24, 2.45) is 0 Å². The van der Waals surface area contributed by atoms with Crippen molar-refractivity contribution in [3.8, 4) is 11.5 Å². The SMILES string of the molecule is COc1cc(OCCC[C]=O)ccc1CO. The van der Waals surface area contributed by atoms with Gasteiger partial charge in [0.2, 0.25) is 0 Å². The van der Waals surface area contributed by atoms with Crippen LogP contribution in [0.2, 0.25) is 0 Å². The van der Waals surface area contributed by atoms with Gasteiger partial charge in [0.05, 0.1) is 20.3 Å². The highest BCUT2D eigenvalue weighted by molar-refractivity contribution is 5.50. The van der Waals surface area contributed by atoms with E-state index in [9.17, 15) is 4.79 Å². The molecular weight excluding hydrogens is 208 g/mol. The second-order valence-corrected chi connectivity index (χ2v) is 3.23. The van der Waals surface area contributed by atoms with E-state index in [2.05, 4.69) is 0 Å². The zero-order valence-electron chi connectivity index (χ0n) is 9.23. The lowest BCUT2D eigenvalue weighted by atomic mass is 10.2. The third-order valence-corrected chi connectivity index (χ3v) is 2.12. The van der Waals surface area contributed by atoms with Gasteiger partial charge >= 0.3 is 0 Å². The molecule has 0 amide bonds. The molecule has 16 heavy (non-hydrogen) atoms. The topological polar surface area (TPSA) is 55.8 Å². The van der Waals surface area contributed by atoms with E-state index < -0.39 is 0 Å². The van der Waals surface area contributed by atoms with Crippen molar-refractivity contribution in [2.75, 3.05) is 13.7 Å². The lowest BCUT2D eigenvalue weighted by molar-refractivity contribution is 0.272. The maximum Gasteiger partial charge on any atom is 0.198 e. The summed E-state index contributed by atoms with van der Waals surface area (Å²) in [6, 6.07) is 5.23. The fourth-order valence-corrected chi connectivity index (χ4v) is 1.28. The fourth-order valence-electron chi connectivity index (χ4n) is 1.28. The zero-order valence-corrected chi connectivity index (χ0v) is 9.23. The highest BCUT2D eigenvalue weighted by Crippen LogP contribution is 2.24. The Kier molecular flexibility index (Phi) is 5.36. The quantitative estimate of drug-likeness (QED) is 0.711. The Morgan fingerprint density at radius 3 is 2.88 bits per heavy atom. The number of benzene rings is 1. The summed E-state index contributed by atoms with van der Waals surface area (Å²) in [5, 5.41) is 9.02. The van der Waals surface area contributed by atoms with E-state index in [-0.39, 0.29) is 6.61 Å². The Labute approximate surface area is 94.8 Å². The van der Waals surface area contributed by atoms with Crippen LogP contribution in [0, 0.1) is 0 Å². The van der Waals surface area contributed by atoms with Crippen molar-refractivity contribution in [2.45, 2.75) is 19.4 Å². The number of hydrogen-bond donors (Lipinski definition) is 1. The first-order valence-electron chi connectivity index (χ1n) is 5.07. The van der Waals surface area contributed by atoms with Gasteiger partial charge < -0.3 is 14.6 Å². The molecule has 0 aromatic heterocycles. The average molecular weight is 223 g/mol. The van der Waals surface area contributed by atoms with Crippen molar-refractivity contribution in [1.29, 1.82) is 0 Å². The van der Waals surface area contributed by atoms with Gasteiger partial charge in [0.25, 0.3) is 0 Å². The summed E-state index contributed by atoms with van der Waals surface area (Å²) in [7, 11) is 1.54. The minimum Gasteiger partial charge on any atom is -0.496 e. The number of unbranched alkanes of at least 4 members (excludes halogenated alkanes) is 1. The van der Waals surface area contributed by atoms with Crippen LogP contribution in [0.3, 0.4) is 0 Å². The van der Waals surface area contributed by atoms with Crippen LogP contribution >= 0.6 is 0 Å². The Morgan fingerprint density at radius 1 is 1.44 bits per heavy atom. The Hall–Kier alpha value is -1.55. The van der Waals surface area contributed by atoms with Crippen LogP contribution in [-0.4, -0.2) is 25.1 Å². The predicted octanol–water partition coefficient (Wildman–Crippen LogP) is 1.46. The monoisotopic (exact) mass is 223 g/mol. The molecule has 0 atom stereocenters. The molecule has 0 aliphatic rings. The summed E-state index contributed by atoms with van der Waals surface area (Å²) in [5.74, 6) is 1.27. The summed E-state index contributed by atoms with van der Waals surface area (Å²) in [6.45, 7) is 0.403. The second-order valence-electron chi connectivity index (χ2n) is 3.23. The first-order chi connectivity index (χ1) is 7.81. The molecule has 1 N–H and O–H groups in total. The normalized spacial score (nSPS) is 9.88. The number of rotatable bonds is 7. The summed E-state index contributed by atoms with van der Waals surface area (Å²) >= 11 is 0. The third-order valence-electron chi connectivity index (χ3n) is 2.12. The van der Waals surface area contributed by atoms with Crippen LogP contribution in [0.1, 0.15) is 18.4 Å². The molecule has 4 heteroatoms. The van der Waals surface area contributed by atoms with Crippen LogP contribution in [0.5, 0.6) is 11.5 Å². The number of carbonyl (C=O) groups excluding carboxylic acids is 1. The average Bonchev–Trinajstić information content (AvgIpc) is 2.34. The smallest absolute Gasteiger partial charge is 0.198 e. The molecule has 0 saturated heterocycles. The first kappa shape index (κ1) is 12.5. The minimum atomic E-state index is -0.0659. The van der Waals surface area contributed by atoms with E-state index in [1.165, 1.54) is 0 Å². The van der Waals surface area contributed by atoms with Crippen molar-refractivity contribution in [3.05, 3.63) is 23.8 Å². The lowest BCUT2D eigenvalue weighted by Crippen LogP contribution is -1.99. The van der Waals surface area contributed by atoms with E-state index in [1.54, 1.807) is 25.3 Å². The lowest BCUT2D eigenvalue weighted by Gasteiger charge is -2.09. The molecule has 0 aliphatic carbocycles. The number of aliphatic hydroxyl groups excluding tert-OH is 1. The highest BCUT2D eigenvalue weighted by Gasteiger charge is 2.03. The molecule has 1 rings (SSSR count). The molecule has 1 aromatic rings. The maximum atomic E-state index is 9.97. The minimum absolute atomic E-state index is 0.0659. The van der Waals surface area contributed by atoms with E-state index in [0.717, 1.165) is 5.56 Å². The molecule has 0 unspecified atom stereocenters. The van der Waals surface area contributed by atoms with Crippen molar-refractivity contribution in [1.82, 2.24) is 0 Å². The van der Waals surface area contributed by atoms with Gasteiger partial charge in [-0.25, -0.2) is 0 Å². The van der Waals surface area contributed by atoms with Crippen LogP contribution in [0.25, 0.3) is 0 Å². The molecule has 0 fully saturated rings. The van der Waals surface area contributed by atoms with Crippen LogP contribution in [0.15, 0.2) is 18.2 Å². The van der Waals surface area contributed by atoms with Gasteiger partial charge in [-0.05, 0) is 18.6 Å². The first-order valence-corrected chi connectivity index (χ1v) is 5.07. The van der Waals surface area contributed by atoms with Gasteiger partial charge in [-0.2, -0.15) is 0 Å². The molecule has 4 nitrogen and oxygen atoms in total. The highest BCUT2D eigenvalue weighted by atomic mass is 16.5. The number of aliphatic hydroxyl groups is 1. The second kappa shape index (κ2) is 6.85. The number of ether oxygens (including phenoxy) is 2.